The van der Waals surface area contributed by atoms with Crippen molar-refractivity contribution in [2.45, 2.75) is 25.5 Å². The molecule has 0 bridgehead atoms. The van der Waals surface area contributed by atoms with Crippen LogP contribution in [-0.2, 0) is 41.1 Å². The summed E-state index contributed by atoms with van der Waals surface area (Å²) in [5.74, 6) is -0.584. The van der Waals surface area contributed by atoms with Crippen molar-refractivity contribution in [3.05, 3.63) is 36.0 Å². The highest BCUT2D eigenvalue weighted by atomic mass is 35.5. The van der Waals surface area contributed by atoms with Crippen LogP contribution in [-0.4, -0.2) is 42.5 Å². The molecule has 2 unspecified atom stereocenters. The van der Waals surface area contributed by atoms with Gasteiger partial charge in [0.2, 0.25) is 0 Å². The van der Waals surface area contributed by atoms with Crippen LogP contribution in [0.3, 0.4) is 0 Å². The van der Waals surface area contributed by atoms with E-state index in [1.54, 1.807) is 11.5 Å². The number of carbonyl (C=O) groups is 1. The summed E-state index contributed by atoms with van der Waals surface area (Å²) in [5.41, 5.74) is 7.80. The van der Waals surface area contributed by atoms with E-state index < -0.39 is 25.9 Å². The Morgan fingerprint density at radius 2 is 2.30 bits per heavy atom. The van der Waals surface area contributed by atoms with Gasteiger partial charge < -0.3 is 15.0 Å². The molecule has 2 heterocycles. The number of fused-ring (bicyclic) bond motifs is 1. The summed E-state index contributed by atoms with van der Waals surface area (Å²) in [6.07, 6.45) is 1.46. The van der Waals surface area contributed by atoms with Crippen LogP contribution in [0.5, 0.6) is 0 Å². The fourth-order valence-corrected chi connectivity index (χ4v) is 4.16. The number of benzene rings is 1. The van der Waals surface area contributed by atoms with Gasteiger partial charge in [0.15, 0.2) is 0 Å². The zero-order chi connectivity index (χ0) is 19.4. The van der Waals surface area contributed by atoms with Crippen molar-refractivity contribution in [2.24, 2.45) is 12.8 Å². The molecule has 10 heteroatoms. The number of phosphoric acid groups is 1. The molecule has 0 radical (unpaired) electrons. The normalized spacial score (nSPS) is 23.6. The van der Waals surface area contributed by atoms with Gasteiger partial charge in [0.1, 0.15) is 18.8 Å². The van der Waals surface area contributed by atoms with Crippen LogP contribution in [0.1, 0.15) is 13.9 Å². The third-order valence-electron chi connectivity index (χ3n) is 4.01. The molecule has 1 aromatic carbocycles. The molecule has 3 rings (SSSR count). The zero-order valence-corrected chi connectivity index (χ0v) is 16.6. The first-order valence-electron chi connectivity index (χ1n) is 9.02. The van der Waals surface area contributed by atoms with E-state index in [1.165, 1.54) is 0 Å². The second-order valence-electron chi connectivity index (χ2n) is 5.97. The Labute approximate surface area is 165 Å². The minimum Gasteiger partial charge on any atom is -0.462 e. The molecular weight excluding hydrogens is 395 g/mol. The van der Waals surface area contributed by atoms with Gasteiger partial charge >= 0.3 is 13.8 Å². The lowest BCUT2D eigenvalue weighted by molar-refractivity contribution is -0.147. The fraction of sp³-hybridized carbons (Fsp3) is 0.471. The van der Waals surface area contributed by atoms with Gasteiger partial charge in [0.25, 0.3) is 0 Å². The van der Waals surface area contributed by atoms with Crippen molar-refractivity contribution in [3.63, 3.8) is 0 Å². The van der Waals surface area contributed by atoms with Gasteiger partial charge in [0, 0.05) is 31.9 Å². The summed E-state index contributed by atoms with van der Waals surface area (Å²) in [6.45, 7) is 1.78. The van der Waals surface area contributed by atoms with Crippen molar-refractivity contribution in [1.82, 2.24) is 4.57 Å². The first kappa shape index (κ1) is 20.3. The van der Waals surface area contributed by atoms with Crippen LogP contribution in [0, 0.1) is 0 Å². The summed E-state index contributed by atoms with van der Waals surface area (Å²) in [4.78, 5) is 12.2. The van der Waals surface area contributed by atoms with E-state index >= 15 is 0 Å². The molecular formula is C17H24ClN2O6P. The lowest BCUT2D eigenvalue weighted by Crippen LogP contribution is -2.36. The number of phosphoric ester groups is 1. The lowest BCUT2D eigenvalue weighted by Gasteiger charge is -2.14. The molecule has 2 aromatic rings. The standard InChI is InChI=1S/C17H23N2O6P.ClH/c1-3-23-26(21)24-11-13(25-26)10-22-17(20)15(18)8-12-9-19(2)16-7-5-4-6-14(12)16;/h4-7,9,13,15H,3,8,10-11,18H2,1-2H3;1H/t13?,15-,26?;/m0./s1/i2D;. The van der Waals surface area contributed by atoms with E-state index in [0.717, 1.165) is 16.5 Å². The lowest BCUT2D eigenvalue weighted by atomic mass is 10.1. The molecule has 1 aromatic heterocycles. The number of halogens is 1. The zero-order valence-electron chi connectivity index (χ0n) is 15.9. The molecule has 3 atom stereocenters. The topological polar surface area (TPSA) is 102 Å². The minimum absolute atomic E-state index is 0. The predicted octanol–water partition coefficient (Wildman–Crippen LogP) is 2.57. The Morgan fingerprint density at radius 3 is 3.04 bits per heavy atom. The molecule has 27 heavy (non-hydrogen) atoms. The van der Waals surface area contributed by atoms with Crippen LogP contribution in [0.15, 0.2) is 30.5 Å². The summed E-state index contributed by atoms with van der Waals surface area (Å²) in [5, 5.41) is 0.957. The van der Waals surface area contributed by atoms with Crippen molar-refractivity contribution in [3.8, 4) is 0 Å². The molecule has 1 aliphatic rings. The van der Waals surface area contributed by atoms with Crippen LogP contribution < -0.4 is 5.73 Å². The quantitative estimate of drug-likeness (QED) is 0.543. The van der Waals surface area contributed by atoms with Gasteiger partial charge in [-0.1, -0.05) is 18.2 Å². The SMILES string of the molecule is Cl.[2H]Cn1cc(C[C@H](N)C(=O)OCC2COP(=O)(OCC)O2)c2ccccc21. The highest BCUT2D eigenvalue weighted by Gasteiger charge is 2.39. The number of hydrogen-bond acceptors (Lipinski definition) is 7. The number of ether oxygens (including phenoxy) is 1. The Balaban J connectivity index is 0.00000280. The number of aromatic nitrogens is 1. The fourth-order valence-electron chi connectivity index (χ4n) is 2.81. The second-order valence-corrected chi connectivity index (χ2v) is 7.59. The van der Waals surface area contributed by atoms with Gasteiger partial charge in [-0.25, -0.2) is 4.57 Å². The van der Waals surface area contributed by atoms with E-state index in [4.69, 9.17) is 25.4 Å². The highest BCUT2D eigenvalue weighted by Crippen LogP contribution is 2.54. The molecule has 1 fully saturated rings. The molecule has 0 saturated carbocycles. The summed E-state index contributed by atoms with van der Waals surface area (Å²) in [6, 6.07) is 6.79. The number of esters is 1. The molecule has 0 amide bonds. The average molecular weight is 420 g/mol. The van der Waals surface area contributed by atoms with Crippen molar-refractivity contribution < 1.29 is 29.0 Å². The average Bonchev–Trinajstić information content (AvgIpc) is 3.21. The van der Waals surface area contributed by atoms with Gasteiger partial charge in [0.05, 0.1) is 13.2 Å². The Morgan fingerprint density at radius 1 is 1.52 bits per heavy atom. The van der Waals surface area contributed by atoms with Crippen LogP contribution in [0.2, 0.25) is 0 Å². The first-order chi connectivity index (χ1) is 13.0. The molecule has 1 aliphatic heterocycles. The van der Waals surface area contributed by atoms with E-state index in [0.29, 0.717) is 0 Å². The molecule has 150 valence electrons. The number of nitrogens with zero attached hydrogens (tertiary/aromatic N) is 1. The third kappa shape index (κ3) is 5.10. The molecule has 8 nitrogen and oxygen atoms in total. The van der Waals surface area contributed by atoms with E-state index in [2.05, 4.69) is 0 Å². The molecule has 1 saturated heterocycles. The van der Waals surface area contributed by atoms with Gasteiger partial charge in [-0.15, -0.1) is 12.4 Å². The highest BCUT2D eigenvalue weighted by molar-refractivity contribution is 7.48. The maximum absolute atomic E-state index is 12.2. The van der Waals surface area contributed by atoms with Crippen LogP contribution in [0.4, 0.5) is 0 Å². The van der Waals surface area contributed by atoms with Crippen LogP contribution in [0.25, 0.3) is 10.9 Å². The Bertz CT molecular complexity index is 863. The number of hydrogen-bond donors (Lipinski definition) is 1. The molecule has 0 aliphatic carbocycles. The van der Waals surface area contributed by atoms with Gasteiger partial charge in [-0.3, -0.25) is 18.4 Å². The van der Waals surface area contributed by atoms with Crippen molar-refractivity contribution in [2.75, 3.05) is 19.8 Å². The van der Waals surface area contributed by atoms with Crippen molar-refractivity contribution >= 4 is 37.1 Å². The molecule has 2 N–H and O–H groups in total. The number of aryl methyl sites for hydroxylation is 1. The van der Waals surface area contributed by atoms with Gasteiger partial charge in [-0.05, 0) is 18.6 Å². The van der Waals surface area contributed by atoms with E-state index in [9.17, 15) is 9.36 Å². The monoisotopic (exact) mass is 419 g/mol. The maximum Gasteiger partial charge on any atom is 0.475 e. The Hall–Kier alpha value is -1.41. The third-order valence-corrected chi connectivity index (χ3v) is 5.61. The number of para-hydroxylation sites is 1. The van der Waals surface area contributed by atoms with E-state index in [1.807, 2.05) is 30.5 Å². The molecule has 0 spiro atoms. The largest absolute Gasteiger partial charge is 0.475 e. The second kappa shape index (κ2) is 9.19. The maximum atomic E-state index is 12.2. The smallest absolute Gasteiger partial charge is 0.462 e. The number of nitrogens with two attached hydrogens (primary N) is 1. The van der Waals surface area contributed by atoms with Gasteiger partial charge in [-0.2, -0.15) is 0 Å². The first-order valence-corrected chi connectivity index (χ1v) is 9.77. The number of carbonyl (C=O) groups excluding carboxylic acids is 1. The van der Waals surface area contributed by atoms with Crippen LogP contribution >= 0.6 is 20.2 Å². The van der Waals surface area contributed by atoms with E-state index in [-0.39, 0.29) is 45.7 Å². The number of rotatable bonds is 7. The summed E-state index contributed by atoms with van der Waals surface area (Å²) < 4.78 is 41.7. The minimum atomic E-state index is -3.54. The predicted molar refractivity (Wildman–Crippen MR) is 103 cm³/mol. The Kier molecular flexibility index (Phi) is 6.92. The summed E-state index contributed by atoms with van der Waals surface area (Å²) in [7, 11) is -3.45. The summed E-state index contributed by atoms with van der Waals surface area (Å²) >= 11 is 0. The van der Waals surface area contributed by atoms with Crippen molar-refractivity contribution in [1.29, 1.82) is 0 Å².